The van der Waals surface area contributed by atoms with E-state index in [4.69, 9.17) is 4.74 Å². The molecule has 0 amide bonds. The number of carbonyl (C=O) groups excluding carboxylic acids is 1. The third-order valence-electron chi connectivity index (χ3n) is 2.91. The Kier molecular flexibility index (Phi) is 9.33. The minimum Gasteiger partial charge on any atom is -0.462 e. The summed E-state index contributed by atoms with van der Waals surface area (Å²) in [5, 5.41) is 1.11. The van der Waals surface area contributed by atoms with Crippen LogP contribution in [0.4, 0.5) is 0 Å². The smallest absolute Gasteiger partial charge is 0.339 e. The van der Waals surface area contributed by atoms with E-state index in [1.807, 2.05) is 0 Å². The highest BCUT2D eigenvalue weighted by Gasteiger charge is 2.05. The molecule has 0 aliphatic heterocycles. The van der Waals surface area contributed by atoms with E-state index < -0.39 is 0 Å². The van der Waals surface area contributed by atoms with E-state index in [-0.39, 0.29) is 5.97 Å². The molecule has 1 aromatic rings. The van der Waals surface area contributed by atoms with Crippen molar-refractivity contribution in [1.29, 1.82) is 0 Å². The predicted molar refractivity (Wildman–Crippen MR) is 80.6 cm³/mol. The molecule has 0 unspecified atom stereocenters. The van der Waals surface area contributed by atoms with E-state index >= 15 is 0 Å². The van der Waals surface area contributed by atoms with Crippen molar-refractivity contribution >= 4 is 21.9 Å². The van der Waals surface area contributed by atoms with Gasteiger partial charge in [0.25, 0.3) is 0 Å². The number of hydrogen-bond donors (Lipinski definition) is 0. The van der Waals surface area contributed by atoms with E-state index in [1.54, 1.807) is 18.3 Å². The summed E-state index contributed by atoms with van der Waals surface area (Å²) in [4.78, 5) is 15.5. The fraction of sp³-hybridized carbons (Fsp3) is 0.600. The van der Waals surface area contributed by atoms with Crippen molar-refractivity contribution in [2.45, 2.75) is 44.9 Å². The Morgan fingerprint density at radius 3 is 2.42 bits per heavy atom. The fourth-order valence-corrected chi connectivity index (χ4v) is 2.21. The van der Waals surface area contributed by atoms with Crippen LogP contribution in [0.3, 0.4) is 0 Å². The number of alkyl halides is 1. The van der Waals surface area contributed by atoms with Crippen molar-refractivity contribution in [3.8, 4) is 0 Å². The predicted octanol–water partition coefficient (Wildman–Crippen LogP) is 4.36. The van der Waals surface area contributed by atoms with Crippen LogP contribution in [0, 0.1) is 0 Å². The van der Waals surface area contributed by atoms with Gasteiger partial charge in [-0.15, -0.1) is 0 Å². The van der Waals surface area contributed by atoms with Gasteiger partial charge in [0.1, 0.15) is 0 Å². The number of pyridine rings is 1. The van der Waals surface area contributed by atoms with Gasteiger partial charge in [0.2, 0.25) is 0 Å². The number of esters is 1. The number of unbranched alkanes of at least 4 members (excludes halogenated alkanes) is 6. The van der Waals surface area contributed by atoms with Crippen LogP contribution in [-0.4, -0.2) is 22.9 Å². The van der Waals surface area contributed by atoms with Gasteiger partial charge in [-0.05, 0) is 25.0 Å². The van der Waals surface area contributed by atoms with Crippen LogP contribution in [0.15, 0.2) is 24.5 Å². The third-order valence-corrected chi connectivity index (χ3v) is 3.47. The van der Waals surface area contributed by atoms with E-state index in [0.29, 0.717) is 12.2 Å². The first-order chi connectivity index (χ1) is 9.34. The Balaban J connectivity index is 1.95. The monoisotopic (exact) mass is 327 g/mol. The molecule has 4 heteroatoms. The lowest BCUT2D eigenvalue weighted by Gasteiger charge is -2.04. The molecule has 0 radical (unpaired) electrons. The molecule has 0 bridgehead atoms. The molecule has 1 rings (SSSR count). The maximum absolute atomic E-state index is 11.6. The first kappa shape index (κ1) is 16.2. The first-order valence-corrected chi connectivity index (χ1v) is 8.10. The molecule has 0 aliphatic rings. The van der Waals surface area contributed by atoms with Crippen LogP contribution in [-0.2, 0) is 4.74 Å². The van der Waals surface area contributed by atoms with Crippen LogP contribution < -0.4 is 0 Å². The largest absolute Gasteiger partial charge is 0.462 e. The molecular weight excluding hydrogens is 306 g/mol. The number of ether oxygens (including phenoxy) is 1. The SMILES string of the molecule is O=C(OCCCCCCCCCBr)c1cccnc1. The van der Waals surface area contributed by atoms with E-state index in [0.717, 1.165) is 18.2 Å². The highest BCUT2D eigenvalue weighted by Crippen LogP contribution is 2.08. The minimum atomic E-state index is -0.273. The third kappa shape index (κ3) is 7.98. The summed E-state index contributed by atoms with van der Waals surface area (Å²) in [7, 11) is 0. The first-order valence-electron chi connectivity index (χ1n) is 6.97. The molecule has 1 aromatic heterocycles. The summed E-state index contributed by atoms with van der Waals surface area (Å²) in [6.45, 7) is 0.509. The van der Waals surface area contributed by atoms with Gasteiger partial charge in [-0.1, -0.05) is 48.0 Å². The molecule has 3 nitrogen and oxygen atoms in total. The van der Waals surface area contributed by atoms with Gasteiger partial charge in [0.05, 0.1) is 12.2 Å². The maximum atomic E-state index is 11.6. The van der Waals surface area contributed by atoms with Gasteiger partial charge in [0, 0.05) is 17.7 Å². The highest BCUT2D eigenvalue weighted by atomic mass is 79.9. The van der Waals surface area contributed by atoms with Crippen molar-refractivity contribution in [2.24, 2.45) is 0 Å². The highest BCUT2D eigenvalue weighted by molar-refractivity contribution is 9.09. The zero-order chi connectivity index (χ0) is 13.8. The number of halogens is 1. The zero-order valence-electron chi connectivity index (χ0n) is 11.3. The Hall–Kier alpha value is -0.900. The van der Waals surface area contributed by atoms with E-state index in [2.05, 4.69) is 20.9 Å². The standard InChI is InChI=1S/C15H22BrNO2/c16-10-6-4-2-1-3-5-7-12-19-15(18)14-9-8-11-17-13-14/h8-9,11,13H,1-7,10,12H2. The Morgan fingerprint density at radius 2 is 1.79 bits per heavy atom. The van der Waals surface area contributed by atoms with Crippen LogP contribution in [0.25, 0.3) is 0 Å². The molecule has 0 saturated carbocycles. The van der Waals surface area contributed by atoms with Gasteiger partial charge < -0.3 is 4.74 Å². The van der Waals surface area contributed by atoms with Crippen molar-refractivity contribution in [2.75, 3.05) is 11.9 Å². The maximum Gasteiger partial charge on any atom is 0.339 e. The minimum absolute atomic E-state index is 0.273. The van der Waals surface area contributed by atoms with E-state index in [1.165, 1.54) is 38.3 Å². The molecular formula is C15H22BrNO2. The van der Waals surface area contributed by atoms with Crippen LogP contribution in [0.2, 0.25) is 0 Å². The van der Waals surface area contributed by atoms with Gasteiger partial charge in [0.15, 0.2) is 0 Å². The Morgan fingerprint density at radius 1 is 1.11 bits per heavy atom. The molecule has 106 valence electrons. The van der Waals surface area contributed by atoms with Gasteiger partial charge in [-0.3, -0.25) is 4.98 Å². The molecule has 0 fully saturated rings. The summed E-state index contributed by atoms with van der Waals surface area (Å²) in [6, 6.07) is 3.46. The van der Waals surface area contributed by atoms with Crippen LogP contribution >= 0.6 is 15.9 Å². The molecule has 1 heterocycles. The second-order valence-electron chi connectivity index (χ2n) is 4.54. The lowest BCUT2D eigenvalue weighted by molar-refractivity contribution is 0.0497. The van der Waals surface area contributed by atoms with Gasteiger partial charge in [-0.25, -0.2) is 4.79 Å². The average Bonchev–Trinajstić information content (AvgIpc) is 2.46. The Labute approximate surface area is 123 Å². The van der Waals surface area contributed by atoms with Crippen molar-refractivity contribution in [3.05, 3.63) is 30.1 Å². The fourth-order valence-electron chi connectivity index (χ4n) is 1.81. The number of aromatic nitrogens is 1. The average molecular weight is 328 g/mol. The summed E-state index contributed by atoms with van der Waals surface area (Å²) in [5.74, 6) is -0.273. The topological polar surface area (TPSA) is 39.2 Å². The molecule has 0 saturated heterocycles. The van der Waals surface area contributed by atoms with Gasteiger partial charge in [-0.2, -0.15) is 0 Å². The molecule has 0 spiro atoms. The normalized spacial score (nSPS) is 10.4. The second kappa shape index (κ2) is 11.0. The second-order valence-corrected chi connectivity index (χ2v) is 5.33. The zero-order valence-corrected chi connectivity index (χ0v) is 12.9. The van der Waals surface area contributed by atoms with Crippen LogP contribution in [0.1, 0.15) is 55.3 Å². The quantitative estimate of drug-likeness (QED) is 0.364. The van der Waals surface area contributed by atoms with Crippen molar-refractivity contribution in [3.63, 3.8) is 0 Å². The lowest BCUT2D eigenvalue weighted by Crippen LogP contribution is -2.06. The van der Waals surface area contributed by atoms with Crippen molar-refractivity contribution < 1.29 is 9.53 Å². The number of rotatable bonds is 10. The van der Waals surface area contributed by atoms with Crippen molar-refractivity contribution in [1.82, 2.24) is 4.98 Å². The lowest BCUT2D eigenvalue weighted by atomic mass is 10.1. The summed E-state index contributed by atoms with van der Waals surface area (Å²) < 4.78 is 5.19. The number of carbonyl (C=O) groups is 1. The number of hydrogen-bond acceptors (Lipinski definition) is 3. The molecule has 0 N–H and O–H groups in total. The molecule has 0 atom stereocenters. The molecule has 0 aliphatic carbocycles. The van der Waals surface area contributed by atoms with Gasteiger partial charge >= 0.3 is 5.97 Å². The summed E-state index contributed by atoms with van der Waals surface area (Å²) >= 11 is 3.43. The summed E-state index contributed by atoms with van der Waals surface area (Å²) in [6.07, 6.45) is 11.7. The van der Waals surface area contributed by atoms with E-state index in [9.17, 15) is 4.79 Å². The molecule has 19 heavy (non-hydrogen) atoms. The summed E-state index contributed by atoms with van der Waals surface area (Å²) in [5.41, 5.74) is 0.525. The number of nitrogens with zero attached hydrogens (tertiary/aromatic N) is 1. The van der Waals surface area contributed by atoms with Crippen LogP contribution in [0.5, 0.6) is 0 Å². The molecule has 0 aromatic carbocycles. The Bertz CT molecular complexity index is 343.